The van der Waals surface area contributed by atoms with Crippen LogP contribution in [-0.2, 0) is 11.2 Å². The summed E-state index contributed by atoms with van der Waals surface area (Å²) in [6.45, 7) is 0.119. The molecule has 0 bridgehead atoms. The summed E-state index contributed by atoms with van der Waals surface area (Å²) in [4.78, 5) is 0. The number of rotatable bonds is 4. The van der Waals surface area contributed by atoms with Gasteiger partial charge in [0.2, 0.25) is 0 Å². The predicted molar refractivity (Wildman–Crippen MR) is 69.6 cm³/mol. The van der Waals surface area contributed by atoms with Crippen LogP contribution in [0.15, 0.2) is 41.9 Å². The van der Waals surface area contributed by atoms with Crippen LogP contribution in [0.25, 0.3) is 5.57 Å². The number of methoxy groups -OCH3 is 1. The SMILES string of the molecule is COC1=C(c2cccc(CCO)c2)CCC=C1F. The van der Waals surface area contributed by atoms with Gasteiger partial charge in [0.25, 0.3) is 0 Å². The molecule has 1 aromatic carbocycles. The van der Waals surface area contributed by atoms with E-state index in [1.54, 1.807) is 6.08 Å². The third kappa shape index (κ3) is 2.62. The van der Waals surface area contributed by atoms with Crippen LogP contribution in [0.3, 0.4) is 0 Å². The number of ether oxygens (including phenoxy) is 1. The first-order valence-corrected chi connectivity index (χ1v) is 6.09. The van der Waals surface area contributed by atoms with E-state index >= 15 is 0 Å². The fourth-order valence-electron chi connectivity index (χ4n) is 2.23. The summed E-state index contributed by atoms with van der Waals surface area (Å²) in [5.74, 6) is 0.0497. The first-order chi connectivity index (χ1) is 8.76. The lowest BCUT2D eigenvalue weighted by Gasteiger charge is -2.17. The molecule has 2 nitrogen and oxygen atoms in total. The van der Waals surface area contributed by atoms with Gasteiger partial charge in [0.05, 0.1) is 7.11 Å². The molecular formula is C15H17FO2. The molecule has 0 aliphatic heterocycles. The van der Waals surface area contributed by atoms with Gasteiger partial charge in [-0.1, -0.05) is 24.3 Å². The first kappa shape index (κ1) is 12.8. The van der Waals surface area contributed by atoms with E-state index in [2.05, 4.69) is 0 Å². The van der Waals surface area contributed by atoms with Crippen LogP contribution in [0.5, 0.6) is 0 Å². The number of aliphatic hydroxyl groups is 1. The quantitative estimate of drug-likeness (QED) is 0.886. The Kier molecular flexibility index (Phi) is 4.15. The summed E-state index contributed by atoms with van der Waals surface area (Å²) in [5.41, 5.74) is 2.92. The van der Waals surface area contributed by atoms with Gasteiger partial charge in [0, 0.05) is 12.2 Å². The highest BCUT2D eigenvalue weighted by atomic mass is 19.1. The van der Waals surface area contributed by atoms with Gasteiger partial charge in [0.1, 0.15) is 0 Å². The van der Waals surface area contributed by atoms with Crippen molar-refractivity contribution >= 4 is 5.57 Å². The Bertz CT molecular complexity index is 489. The van der Waals surface area contributed by atoms with Gasteiger partial charge in [-0.15, -0.1) is 0 Å². The van der Waals surface area contributed by atoms with Gasteiger partial charge in [-0.05, 0) is 36.5 Å². The normalized spacial score (nSPS) is 15.6. The molecule has 0 atom stereocenters. The minimum Gasteiger partial charge on any atom is -0.493 e. The second-order valence-corrected chi connectivity index (χ2v) is 4.28. The van der Waals surface area contributed by atoms with Crippen molar-refractivity contribution in [2.45, 2.75) is 19.3 Å². The number of benzene rings is 1. The van der Waals surface area contributed by atoms with E-state index < -0.39 is 0 Å². The molecule has 2 rings (SSSR count). The van der Waals surface area contributed by atoms with Gasteiger partial charge >= 0.3 is 0 Å². The largest absolute Gasteiger partial charge is 0.493 e. The summed E-state index contributed by atoms with van der Waals surface area (Å²) < 4.78 is 18.8. The molecule has 0 spiro atoms. The maximum atomic E-state index is 13.7. The highest BCUT2D eigenvalue weighted by Gasteiger charge is 2.18. The summed E-state index contributed by atoms with van der Waals surface area (Å²) in [6.07, 6.45) is 3.64. The van der Waals surface area contributed by atoms with Crippen molar-refractivity contribution in [2.24, 2.45) is 0 Å². The second-order valence-electron chi connectivity index (χ2n) is 4.28. The van der Waals surface area contributed by atoms with Crippen molar-refractivity contribution in [1.82, 2.24) is 0 Å². The molecule has 0 saturated carbocycles. The predicted octanol–water partition coefficient (Wildman–Crippen LogP) is 3.23. The van der Waals surface area contributed by atoms with E-state index in [0.717, 1.165) is 23.1 Å². The molecule has 3 heteroatoms. The maximum Gasteiger partial charge on any atom is 0.161 e. The van der Waals surface area contributed by atoms with Gasteiger partial charge in [-0.25, -0.2) is 4.39 Å². The Balaban J connectivity index is 2.40. The number of aliphatic hydroxyl groups excluding tert-OH is 1. The standard InChI is InChI=1S/C15H17FO2/c1-18-15-13(6-3-7-14(15)16)12-5-2-4-11(10-12)8-9-17/h2,4-5,7,10,17H,3,6,8-9H2,1H3. The number of allylic oxidation sites excluding steroid dienone is 3. The molecule has 1 aliphatic rings. The lowest BCUT2D eigenvalue weighted by Crippen LogP contribution is -2.01. The van der Waals surface area contributed by atoms with E-state index in [1.165, 1.54) is 7.11 Å². The van der Waals surface area contributed by atoms with Crippen LogP contribution in [0.4, 0.5) is 4.39 Å². The molecule has 0 amide bonds. The monoisotopic (exact) mass is 248 g/mol. The minimum absolute atomic E-state index is 0.119. The van der Waals surface area contributed by atoms with E-state index in [1.807, 2.05) is 24.3 Å². The summed E-state index contributed by atoms with van der Waals surface area (Å²) in [7, 11) is 1.49. The number of hydrogen-bond donors (Lipinski definition) is 1. The first-order valence-electron chi connectivity index (χ1n) is 6.09. The Morgan fingerprint density at radius 2 is 2.22 bits per heavy atom. The molecule has 96 valence electrons. The van der Waals surface area contributed by atoms with Crippen molar-refractivity contribution in [3.63, 3.8) is 0 Å². The highest BCUT2D eigenvalue weighted by molar-refractivity contribution is 5.72. The van der Waals surface area contributed by atoms with Crippen molar-refractivity contribution in [3.8, 4) is 0 Å². The van der Waals surface area contributed by atoms with Gasteiger partial charge < -0.3 is 9.84 Å². The van der Waals surface area contributed by atoms with E-state index in [9.17, 15) is 4.39 Å². The van der Waals surface area contributed by atoms with Crippen molar-refractivity contribution < 1.29 is 14.2 Å². The highest BCUT2D eigenvalue weighted by Crippen LogP contribution is 2.33. The molecule has 0 saturated heterocycles. The smallest absolute Gasteiger partial charge is 0.161 e. The third-order valence-electron chi connectivity index (χ3n) is 3.09. The lowest BCUT2D eigenvalue weighted by atomic mass is 9.94. The molecule has 0 heterocycles. The summed E-state index contributed by atoms with van der Waals surface area (Å²) in [5, 5.41) is 8.96. The maximum absolute atomic E-state index is 13.7. The van der Waals surface area contributed by atoms with Crippen LogP contribution in [-0.4, -0.2) is 18.8 Å². The van der Waals surface area contributed by atoms with Crippen LogP contribution in [0, 0.1) is 0 Å². The average molecular weight is 248 g/mol. The Hall–Kier alpha value is -1.61. The van der Waals surface area contributed by atoms with Crippen LogP contribution in [0.1, 0.15) is 24.0 Å². The molecule has 18 heavy (non-hydrogen) atoms. The van der Waals surface area contributed by atoms with E-state index in [4.69, 9.17) is 9.84 Å². The van der Waals surface area contributed by atoms with Crippen molar-refractivity contribution in [1.29, 1.82) is 0 Å². The molecular weight excluding hydrogens is 231 g/mol. The lowest BCUT2D eigenvalue weighted by molar-refractivity contribution is 0.282. The topological polar surface area (TPSA) is 29.5 Å². The molecule has 1 N–H and O–H groups in total. The zero-order valence-corrected chi connectivity index (χ0v) is 10.4. The zero-order chi connectivity index (χ0) is 13.0. The minimum atomic E-state index is -0.286. The number of halogens is 1. The Morgan fingerprint density at radius 1 is 1.39 bits per heavy atom. The Morgan fingerprint density at radius 3 is 2.94 bits per heavy atom. The van der Waals surface area contributed by atoms with Crippen LogP contribution < -0.4 is 0 Å². The molecule has 0 fully saturated rings. The fraction of sp³-hybridized carbons (Fsp3) is 0.333. The van der Waals surface area contributed by atoms with Crippen LogP contribution >= 0.6 is 0 Å². The van der Waals surface area contributed by atoms with Gasteiger partial charge in [-0.3, -0.25) is 0 Å². The molecule has 0 unspecified atom stereocenters. The van der Waals surface area contributed by atoms with Gasteiger partial charge in [0.15, 0.2) is 11.6 Å². The molecule has 1 aromatic rings. The third-order valence-corrected chi connectivity index (χ3v) is 3.09. The van der Waals surface area contributed by atoms with E-state index in [0.29, 0.717) is 18.6 Å². The van der Waals surface area contributed by atoms with E-state index in [-0.39, 0.29) is 12.4 Å². The second kappa shape index (κ2) is 5.83. The molecule has 1 aliphatic carbocycles. The fourth-order valence-corrected chi connectivity index (χ4v) is 2.23. The van der Waals surface area contributed by atoms with Crippen LogP contribution in [0.2, 0.25) is 0 Å². The molecule has 0 radical (unpaired) electrons. The summed E-state index contributed by atoms with van der Waals surface area (Å²) in [6, 6.07) is 7.83. The zero-order valence-electron chi connectivity index (χ0n) is 10.4. The number of hydrogen-bond acceptors (Lipinski definition) is 2. The molecule has 0 aromatic heterocycles. The van der Waals surface area contributed by atoms with Gasteiger partial charge in [-0.2, -0.15) is 0 Å². The Labute approximate surface area is 106 Å². The van der Waals surface area contributed by atoms with Crippen molar-refractivity contribution in [2.75, 3.05) is 13.7 Å². The van der Waals surface area contributed by atoms with Crippen molar-refractivity contribution in [3.05, 3.63) is 53.1 Å². The summed E-state index contributed by atoms with van der Waals surface area (Å²) >= 11 is 0. The average Bonchev–Trinajstić information content (AvgIpc) is 2.39.